The number of carbonyl (C=O) groups is 3. The number of phenolic OH excluding ortho intramolecular Hbond substituents is 1. The highest BCUT2D eigenvalue weighted by molar-refractivity contribution is 6.25. The van der Waals surface area contributed by atoms with Gasteiger partial charge in [0.2, 0.25) is 11.8 Å². The normalized spacial score (nSPS) is 20.1. The smallest absolute Gasteiger partial charge is 0.507 e. The molecule has 0 fully saturated rings. The van der Waals surface area contributed by atoms with E-state index in [0.29, 0.717) is 0 Å². The van der Waals surface area contributed by atoms with Gasteiger partial charge in [0.1, 0.15) is 34.7 Å². The first-order valence-electron chi connectivity index (χ1n) is 11.7. The van der Waals surface area contributed by atoms with Crippen molar-refractivity contribution in [3.05, 3.63) is 70.9 Å². The second kappa shape index (κ2) is 8.36. The second-order valence-electron chi connectivity index (χ2n) is 10.2. The minimum absolute atomic E-state index is 0.0395. The Morgan fingerprint density at radius 1 is 1.13 bits per heavy atom. The molecule has 0 aliphatic carbocycles. The maximum absolute atomic E-state index is 14.0. The summed E-state index contributed by atoms with van der Waals surface area (Å²) in [6.07, 6.45) is -3.65. The number of para-hydroxylation sites is 1. The van der Waals surface area contributed by atoms with Crippen LogP contribution in [0.3, 0.4) is 0 Å². The Morgan fingerprint density at radius 2 is 1.82 bits per heavy atom. The topological polar surface area (TPSA) is 133 Å². The van der Waals surface area contributed by atoms with Crippen molar-refractivity contribution in [2.45, 2.75) is 38.1 Å². The first-order chi connectivity index (χ1) is 18.2. The van der Waals surface area contributed by atoms with E-state index in [1.165, 1.54) is 36.5 Å². The maximum Gasteiger partial charge on any atom is 0.573 e. The van der Waals surface area contributed by atoms with Gasteiger partial charge in [0.25, 0.3) is 0 Å². The predicted octanol–water partition coefficient (Wildman–Crippen LogP) is 4.41. The standard InChI is InChI=1S/C27H21F3N4O5/c1-25(2,3)34-12-13(11-31)19-22(34)33-23(37)20(21(36)15-6-4-5-7-18(15)35)26(19)16-10-14(39-27(28,29)30)8-9-17(16)32-24(26)38/h4-10,12,20,35H,1-3H3,(H,32,38)(H,33,37)/t20-,26+/m0/s1. The van der Waals surface area contributed by atoms with E-state index in [1.54, 1.807) is 25.3 Å². The van der Waals surface area contributed by atoms with E-state index in [2.05, 4.69) is 15.4 Å². The van der Waals surface area contributed by atoms with Crippen LogP contribution < -0.4 is 15.4 Å². The number of Topliss-reactive ketones (excluding diaryl/α,β-unsaturated/α-hetero) is 1. The number of aromatic hydroxyl groups is 1. The number of phenols is 1. The van der Waals surface area contributed by atoms with Crippen molar-refractivity contribution in [1.29, 1.82) is 5.26 Å². The minimum atomic E-state index is -5.06. The third kappa shape index (κ3) is 3.80. The number of carbonyl (C=O) groups excluding carboxylic acids is 3. The highest BCUT2D eigenvalue weighted by atomic mass is 19.4. The van der Waals surface area contributed by atoms with Crippen molar-refractivity contribution < 1.29 is 37.4 Å². The number of ether oxygens (including phenoxy) is 1. The quantitative estimate of drug-likeness (QED) is 0.334. The molecule has 0 saturated heterocycles. The molecule has 2 aromatic carbocycles. The Bertz CT molecular complexity index is 1610. The van der Waals surface area contributed by atoms with Gasteiger partial charge in [0, 0.05) is 28.6 Å². The summed E-state index contributed by atoms with van der Waals surface area (Å²) in [6.45, 7) is 5.35. The van der Waals surface area contributed by atoms with Crippen LogP contribution in [-0.4, -0.2) is 33.6 Å². The number of hydrogen-bond donors (Lipinski definition) is 3. The molecule has 2 amide bonds. The molecule has 39 heavy (non-hydrogen) atoms. The highest BCUT2D eigenvalue weighted by Gasteiger charge is 2.64. The highest BCUT2D eigenvalue weighted by Crippen LogP contribution is 2.56. The van der Waals surface area contributed by atoms with Gasteiger partial charge in [-0.1, -0.05) is 12.1 Å². The average molecular weight is 538 g/mol. The molecule has 2 aliphatic rings. The van der Waals surface area contributed by atoms with Crippen LogP contribution in [0.25, 0.3) is 0 Å². The molecule has 3 heterocycles. The van der Waals surface area contributed by atoms with E-state index in [-0.39, 0.29) is 33.8 Å². The third-order valence-corrected chi connectivity index (χ3v) is 6.87. The molecule has 12 heteroatoms. The summed E-state index contributed by atoms with van der Waals surface area (Å²) in [7, 11) is 0. The summed E-state index contributed by atoms with van der Waals surface area (Å²) in [6, 6.07) is 10.5. The molecule has 0 bridgehead atoms. The van der Waals surface area contributed by atoms with E-state index in [4.69, 9.17) is 0 Å². The van der Waals surface area contributed by atoms with Gasteiger partial charge in [0.05, 0.1) is 11.1 Å². The zero-order chi connectivity index (χ0) is 28.5. The third-order valence-electron chi connectivity index (χ3n) is 6.87. The van der Waals surface area contributed by atoms with Gasteiger partial charge in [-0.3, -0.25) is 14.4 Å². The van der Waals surface area contributed by atoms with Crippen LogP contribution in [0.2, 0.25) is 0 Å². The Kier molecular flexibility index (Phi) is 5.54. The number of aromatic nitrogens is 1. The van der Waals surface area contributed by atoms with Gasteiger partial charge in [0.15, 0.2) is 5.78 Å². The lowest BCUT2D eigenvalue weighted by Crippen LogP contribution is -2.55. The van der Waals surface area contributed by atoms with Crippen molar-refractivity contribution in [2.75, 3.05) is 10.6 Å². The van der Waals surface area contributed by atoms with Gasteiger partial charge in [-0.2, -0.15) is 5.26 Å². The largest absolute Gasteiger partial charge is 0.573 e. The second-order valence-corrected chi connectivity index (χ2v) is 10.2. The van der Waals surface area contributed by atoms with E-state index in [1.807, 2.05) is 6.07 Å². The zero-order valence-electron chi connectivity index (χ0n) is 20.8. The molecule has 1 spiro atoms. The Morgan fingerprint density at radius 3 is 2.44 bits per heavy atom. The van der Waals surface area contributed by atoms with Crippen LogP contribution >= 0.6 is 0 Å². The Hall–Kier alpha value is -4.79. The summed E-state index contributed by atoms with van der Waals surface area (Å²) >= 11 is 0. The number of amides is 2. The fraction of sp³-hybridized carbons (Fsp3) is 0.259. The maximum atomic E-state index is 14.0. The van der Waals surface area contributed by atoms with E-state index in [0.717, 1.165) is 12.1 Å². The van der Waals surface area contributed by atoms with Gasteiger partial charge >= 0.3 is 6.36 Å². The number of ketones is 1. The van der Waals surface area contributed by atoms with Gasteiger partial charge in [-0.15, -0.1) is 13.2 Å². The molecular weight excluding hydrogens is 517 g/mol. The van der Waals surface area contributed by atoms with Crippen LogP contribution in [0.15, 0.2) is 48.7 Å². The number of nitrogens with one attached hydrogen (secondary N) is 2. The summed E-state index contributed by atoms with van der Waals surface area (Å²) in [5.41, 5.74) is -3.49. The number of fused-ring (bicyclic) bond motifs is 4. The lowest BCUT2D eigenvalue weighted by Gasteiger charge is -2.40. The lowest BCUT2D eigenvalue weighted by atomic mass is 9.61. The molecule has 200 valence electrons. The summed E-state index contributed by atoms with van der Waals surface area (Å²) in [4.78, 5) is 41.7. The summed E-state index contributed by atoms with van der Waals surface area (Å²) < 4.78 is 45.0. The molecule has 0 radical (unpaired) electrons. The Labute approximate surface area is 219 Å². The molecule has 0 unspecified atom stereocenters. The van der Waals surface area contributed by atoms with Gasteiger partial charge in [-0.25, -0.2) is 0 Å². The predicted molar refractivity (Wildman–Crippen MR) is 131 cm³/mol. The van der Waals surface area contributed by atoms with Gasteiger partial charge in [-0.05, 0) is 51.1 Å². The van der Waals surface area contributed by atoms with Crippen LogP contribution in [0.5, 0.6) is 11.5 Å². The number of alkyl halides is 3. The number of nitrogens with zero attached hydrogens (tertiary/aromatic N) is 2. The van der Waals surface area contributed by atoms with Crippen molar-refractivity contribution in [2.24, 2.45) is 5.92 Å². The molecule has 1 aromatic heterocycles. The average Bonchev–Trinajstić information content (AvgIpc) is 3.34. The SMILES string of the molecule is CC(C)(C)n1cc(C#N)c2c1NC(=O)[C@H](C(=O)c1ccccc1O)[C@]21C(=O)Nc2ccc(OC(F)(F)F)cc21. The van der Waals surface area contributed by atoms with Crippen LogP contribution in [0.4, 0.5) is 24.7 Å². The fourth-order valence-corrected chi connectivity index (χ4v) is 5.36. The van der Waals surface area contributed by atoms with Crippen LogP contribution in [0, 0.1) is 17.2 Å². The Balaban J connectivity index is 1.89. The number of halogens is 3. The minimum Gasteiger partial charge on any atom is -0.507 e. The van der Waals surface area contributed by atoms with Crippen LogP contribution in [-0.2, 0) is 20.5 Å². The zero-order valence-corrected chi connectivity index (χ0v) is 20.8. The van der Waals surface area contributed by atoms with Crippen molar-refractivity contribution in [3.8, 4) is 17.6 Å². The van der Waals surface area contributed by atoms with Crippen molar-refractivity contribution in [1.82, 2.24) is 4.57 Å². The van der Waals surface area contributed by atoms with E-state index in [9.17, 15) is 37.9 Å². The number of rotatable bonds is 3. The monoisotopic (exact) mass is 538 g/mol. The first kappa shape index (κ1) is 25.8. The molecule has 5 rings (SSSR count). The number of hydrogen-bond acceptors (Lipinski definition) is 6. The number of nitriles is 1. The summed E-state index contributed by atoms with van der Waals surface area (Å²) in [5.74, 6) is -5.79. The molecule has 3 aromatic rings. The molecule has 2 aliphatic heterocycles. The molecule has 0 saturated carbocycles. The van der Waals surface area contributed by atoms with E-state index < -0.39 is 52.3 Å². The van der Waals surface area contributed by atoms with Crippen molar-refractivity contribution in [3.63, 3.8) is 0 Å². The molecule has 3 N–H and O–H groups in total. The summed E-state index contributed by atoms with van der Waals surface area (Å²) in [5, 5.41) is 25.7. The fourth-order valence-electron chi connectivity index (χ4n) is 5.36. The molecule has 2 atom stereocenters. The van der Waals surface area contributed by atoms with E-state index >= 15 is 0 Å². The lowest BCUT2D eigenvalue weighted by molar-refractivity contribution is -0.274. The molecule has 9 nitrogen and oxygen atoms in total. The number of benzene rings is 2. The number of anilines is 2. The molecular formula is C27H21F3N4O5. The van der Waals surface area contributed by atoms with Gasteiger partial charge < -0.3 is 25.0 Å². The van der Waals surface area contributed by atoms with Crippen LogP contribution in [0.1, 0.15) is 47.8 Å². The first-order valence-corrected chi connectivity index (χ1v) is 11.7. The van der Waals surface area contributed by atoms with Crippen molar-refractivity contribution >= 4 is 29.1 Å².